The summed E-state index contributed by atoms with van der Waals surface area (Å²) in [6, 6.07) is 9.84. The predicted octanol–water partition coefficient (Wildman–Crippen LogP) is 1.07. The molecule has 1 aromatic carbocycles. The Morgan fingerprint density at radius 3 is 2.64 bits per heavy atom. The molecule has 1 saturated heterocycles. The second kappa shape index (κ2) is 3.80. The van der Waals surface area contributed by atoms with Gasteiger partial charge in [0.2, 0.25) is 0 Å². The average molecular weight is 191 g/mol. The number of carboxylic acid groups (broad SMARTS) is 1. The molecule has 0 amide bonds. The van der Waals surface area contributed by atoms with Gasteiger partial charge in [0.25, 0.3) is 0 Å². The van der Waals surface area contributed by atoms with Gasteiger partial charge >= 0.3 is 5.97 Å². The fourth-order valence-electron chi connectivity index (χ4n) is 1.99. The van der Waals surface area contributed by atoms with Gasteiger partial charge in [-0.1, -0.05) is 30.3 Å². The zero-order chi connectivity index (χ0) is 9.97. The van der Waals surface area contributed by atoms with Crippen molar-refractivity contribution in [1.82, 2.24) is 5.32 Å². The maximum Gasteiger partial charge on any atom is 0.308 e. The Labute approximate surface area is 82.8 Å². The number of hydrogen-bond donors (Lipinski definition) is 2. The van der Waals surface area contributed by atoms with Crippen molar-refractivity contribution in [2.45, 2.75) is 5.92 Å². The van der Waals surface area contributed by atoms with Crippen molar-refractivity contribution in [3.05, 3.63) is 35.9 Å². The van der Waals surface area contributed by atoms with Gasteiger partial charge in [0.1, 0.15) is 0 Å². The maximum absolute atomic E-state index is 10.9. The third-order valence-electron chi connectivity index (χ3n) is 2.76. The lowest BCUT2D eigenvalue weighted by molar-refractivity contribution is -0.141. The van der Waals surface area contributed by atoms with Crippen molar-refractivity contribution in [2.75, 3.05) is 13.1 Å². The van der Waals surface area contributed by atoms with Crippen LogP contribution in [0.1, 0.15) is 11.5 Å². The summed E-state index contributed by atoms with van der Waals surface area (Å²) in [6.45, 7) is 1.34. The third kappa shape index (κ3) is 1.63. The number of benzene rings is 1. The molecule has 3 nitrogen and oxygen atoms in total. The van der Waals surface area contributed by atoms with Crippen LogP contribution >= 0.6 is 0 Å². The third-order valence-corrected chi connectivity index (χ3v) is 2.76. The summed E-state index contributed by atoms with van der Waals surface area (Å²) < 4.78 is 0. The summed E-state index contributed by atoms with van der Waals surface area (Å²) in [5, 5.41) is 12.1. The molecule has 0 aliphatic carbocycles. The highest BCUT2D eigenvalue weighted by Gasteiger charge is 2.33. The van der Waals surface area contributed by atoms with Gasteiger partial charge in [-0.15, -0.1) is 0 Å². The quantitative estimate of drug-likeness (QED) is 0.735. The van der Waals surface area contributed by atoms with E-state index in [1.54, 1.807) is 0 Å². The van der Waals surface area contributed by atoms with Crippen molar-refractivity contribution in [3.63, 3.8) is 0 Å². The van der Waals surface area contributed by atoms with Crippen LogP contribution in [0.5, 0.6) is 0 Å². The van der Waals surface area contributed by atoms with Crippen LogP contribution in [-0.4, -0.2) is 24.2 Å². The number of rotatable bonds is 2. The fourth-order valence-corrected chi connectivity index (χ4v) is 1.99. The van der Waals surface area contributed by atoms with Gasteiger partial charge in [0, 0.05) is 19.0 Å². The molecule has 2 N–H and O–H groups in total. The van der Waals surface area contributed by atoms with E-state index in [9.17, 15) is 4.79 Å². The Kier molecular flexibility index (Phi) is 2.50. The lowest BCUT2D eigenvalue weighted by Gasteiger charge is -2.14. The van der Waals surface area contributed by atoms with Crippen molar-refractivity contribution < 1.29 is 9.90 Å². The molecule has 1 aliphatic rings. The summed E-state index contributed by atoms with van der Waals surface area (Å²) in [5.74, 6) is -0.866. The van der Waals surface area contributed by atoms with Crippen molar-refractivity contribution in [2.24, 2.45) is 5.92 Å². The highest BCUT2D eigenvalue weighted by molar-refractivity contribution is 5.72. The standard InChI is InChI=1S/C11H13NO2/c13-11(14)10-7-12-6-9(10)8-4-2-1-3-5-8/h1-5,9-10,12H,6-7H2,(H,13,14). The molecule has 0 spiro atoms. The molecule has 1 aromatic rings. The second-order valence-corrected chi connectivity index (χ2v) is 3.62. The molecule has 0 bridgehead atoms. The molecule has 14 heavy (non-hydrogen) atoms. The molecule has 0 radical (unpaired) electrons. The van der Waals surface area contributed by atoms with Gasteiger partial charge in [-0.25, -0.2) is 0 Å². The topological polar surface area (TPSA) is 49.3 Å². The van der Waals surface area contributed by atoms with Crippen LogP contribution in [0, 0.1) is 5.92 Å². The van der Waals surface area contributed by atoms with E-state index in [2.05, 4.69) is 5.32 Å². The fraction of sp³-hybridized carbons (Fsp3) is 0.364. The van der Waals surface area contributed by atoms with E-state index < -0.39 is 5.97 Å². The highest BCUT2D eigenvalue weighted by atomic mass is 16.4. The summed E-state index contributed by atoms with van der Waals surface area (Å²) in [4.78, 5) is 10.9. The van der Waals surface area contributed by atoms with E-state index in [0.717, 1.165) is 12.1 Å². The number of hydrogen-bond acceptors (Lipinski definition) is 2. The molecule has 1 heterocycles. The molecule has 2 unspecified atom stereocenters. The average Bonchev–Trinajstić information content (AvgIpc) is 2.67. The summed E-state index contributed by atoms with van der Waals surface area (Å²) >= 11 is 0. The van der Waals surface area contributed by atoms with Crippen molar-refractivity contribution >= 4 is 5.97 Å². The summed E-state index contributed by atoms with van der Waals surface area (Å²) in [5.41, 5.74) is 1.12. The first-order chi connectivity index (χ1) is 6.79. The Morgan fingerprint density at radius 2 is 2.00 bits per heavy atom. The maximum atomic E-state index is 10.9. The minimum atomic E-state index is -0.705. The smallest absolute Gasteiger partial charge is 0.308 e. The molecular weight excluding hydrogens is 178 g/mol. The van der Waals surface area contributed by atoms with E-state index in [1.807, 2.05) is 30.3 Å². The summed E-state index contributed by atoms with van der Waals surface area (Å²) in [6.07, 6.45) is 0. The SMILES string of the molecule is O=C(O)C1CNCC1c1ccccc1. The monoisotopic (exact) mass is 191 g/mol. The van der Waals surface area contributed by atoms with Crippen LogP contribution < -0.4 is 5.32 Å². The van der Waals surface area contributed by atoms with Crippen molar-refractivity contribution in [1.29, 1.82) is 0 Å². The van der Waals surface area contributed by atoms with Gasteiger partial charge in [-0.3, -0.25) is 4.79 Å². The number of nitrogens with one attached hydrogen (secondary N) is 1. The first-order valence-electron chi connectivity index (χ1n) is 4.77. The lowest BCUT2D eigenvalue weighted by atomic mass is 9.89. The molecule has 2 atom stereocenters. The van der Waals surface area contributed by atoms with Crippen LogP contribution in [0.2, 0.25) is 0 Å². The van der Waals surface area contributed by atoms with Gasteiger partial charge in [0.05, 0.1) is 5.92 Å². The number of carboxylic acids is 1. The van der Waals surface area contributed by atoms with E-state index in [1.165, 1.54) is 0 Å². The molecule has 3 heteroatoms. The molecule has 1 aliphatic heterocycles. The van der Waals surface area contributed by atoms with E-state index in [0.29, 0.717) is 6.54 Å². The Bertz CT molecular complexity index is 323. The van der Waals surface area contributed by atoms with Crippen LogP contribution in [0.3, 0.4) is 0 Å². The van der Waals surface area contributed by atoms with E-state index in [-0.39, 0.29) is 11.8 Å². The van der Waals surface area contributed by atoms with Gasteiger partial charge in [-0.2, -0.15) is 0 Å². The Balaban J connectivity index is 2.22. The van der Waals surface area contributed by atoms with Gasteiger partial charge < -0.3 is 10.4 Å². The number of carbonyl (C=O) groups is 1. The molecule has 0 saturated carbocycles. The number of aliphatic carboxylic acids is 1. The molecule has 2 rings (SSSR count). The van der Waals surface area contributed by atoms with Gasteiger partial charge in [0.15, 0.2) is 0 Å². The largest absolute Gasteiger partial charge is 0.481 e. The van der Waals surface area contributed by atoms with Crippen LogP contribution in [0.15, 0.2) is 30.3 Å². The van der Waals surface area contributed by atoms with E-state index >= 15 is 0 Å². The predicted molar refractivity (Wildman–Crippen MR) is 53.2 cm³/mol. The minimum Gasteiger partial charge on any atom is -0.481 e. The molecule has 1 fully saturated rings. The highest BCUT2D eigenvalue weighted by Crippen LogP contribution is 2.27. The molecule has 74 valence electrons. The summed E-state index contributed by atoms with van der Waals surface area (Å²) in [7, 11) is 0. The second-order valence-electron chi connectivity index (χ2n) is 3.62. The first-order valence-corrected chi connectivity index (χ1v) is 4.77. The zero-order valence-electron chi connectivity index (χ0n) is 7.81. The van der Waals surface area contributed by atoms with Crippen LogP contribution in [0.25, 0.3) is 0 Å². The minimum absolute atomic E-state index is 0.119. The van der Waals surface area contributed by atoms with E-state index in [4.69, 9.17) is 5.11 Å². The molecular formula is C11H13NO2. The van der Waals surface area contributed by atoms with Crippen LogP contribution in [-0.2, 0) is 4.79 Å². The van der Waals surface area contributed by atoms with Gasteiger partial charge in [-0.05, 0) is 5.56 Å². The zero-order valence-corrected chi connectivity index (χ0v) is 7.81. The first kappa shape index (κ1) is 9.21. The lowest BCUT2D eigenvalue weighted by Crippen LogP contribution is -2.20. The molecule has 0 aromatic heterocycles. The Hall–Kier alpha value is -1.35. The normalized spacial score (nSPS) is 26.3. The van der Waals surface area contributed by atoms with Crippen molar-refractivity contribution in [3.8, 4) is 0 Å². The van der Waals surface area contributed by atoms with Crippen LogP contribution in [0.4, 0.5) is 0 Å². The Morgan fingerprint density at radius 1 is 1.29 bits per heavy atom.